The van der Waals surface area contributed by atoms with Crippen LogP contribution < -0.4 is 5.32 Å². The van der Waals surface area contributed by atoms with E-state index >= 15 is 0 Å². The zero-order chi connectivity index (χ0) is 11.5. The molecule has 2 aromatic rings. The number of rotatable bonds is 3. The number of hydrogen-bond acceptors (Lipinski definition) is 3. The average Bonchev–Trinajstić information content (AvgIpc) is 2.29. The molecule has 0 saturated heterocycles. The van der Waals surface area contributed by atoms with Gasteiger partial charge in [-0.15, -0.1) is 0 Å². The fourth-order valence-electron chi connectivity index (χ4n) is 1.52. The van der Waals surface area contributed by atoms with Crippen molar-refractivity contribution in [3.8, 4) is 0 Å². The van der Waals surface area contributed by atoms with Crippen LogP contribution in [-0.2, 0) is 4.79 Å². The Kier molecular flexibility index (Phi) is 2.72. The summed E-state index contributed by atoms with van der Waals surface area (Å²) in [6.07, 6.45) is 1.69. The van der Waals surface area contributed by atoms with Gasteiger partial charge >= 0.3 is 5.97 Å². The number of nitrogens with zero attached hydrogens (tertiary/aromatic N) is 1. The number of carboxylic acids is 1. The van der Waals surface area contributed by atoms with Crippen LogP contribution in [0.15, 0.2) is 36.5 Å². The second kappa shape index (κ2) is 4.18. The van der Waals surface area contributed by atoms with Gasteiger partial charge in [-0.05, 0) is 19.1 Å². The van der Waals surface area contributed by atoms with Crippen molar-refractivity contribution in [2.75, 3.05) is 5.32 Å². The summed E-state index contributed by atoms with van der Waals surface area (Å²) in [5, 5.41) is 12.7. The van der Waals surface area contributed by atoms with Crippen LogP contribution in [0.1, 0.15) is 6.92 Å². The molecule has 82 valence electrons. The summed E-state index contributed by atoms with van der Waals surface area (Å²) in [7, 11) is 0. The molecule has 4 nitrogen and oxygen atoms in total. The standard InChI is InChI=1S/C12H12N2O2/c1-8(12(15)16)14-10-6-2-4-9-5-3-7-13-11(9)10/h2-8,14H,1H3,(H,15,16). The van der Waals surface area contributed by atoms with E-state index in [-0.39, 0.29) is 0 Å². The first-order chi connectivity index (χ1) is 7.68. The van der Waals surface area contributed by atoms with Crippen LogP contribution >= 0.6 is 0 Å². The fourth-order valence-corrected chi connectivity index (χ4v) is 1.52. The molecule has 0 amide bonds. The normalized spacial score (nSPS) is 12.3. The Morgan fingerprint density at radius 2 is 2.12 bits per heavy atom. The SMILES string of the molecule is CC(Nc1cccc2cccnc12)C(=O)O. The maximum atomic E-state index is 10.8. The third-order valence-corrected chi connectivity index (χ3v) is 2.38. The van der Waals surface area contributed by atoms with Crippen LogP contribution in [0.2, 0.25) is 0 Å². The molecule has 0 spiro atoms. The first-order valence-electron chi connectivity index (χ1n) is 5.01. The highest BCUT2D eigenvalue weighted by molar-refractivity contribution is 5.91. The number of pyridine rings is 1. The lowest BCUT2D eigenvalue weighted by Gasteiger charge is -2.12. The van der Waals surface area contributed by atoms with Crippen LogP contribution in [0.3, 0.4) is 0 Å². The highest BCUT2D eigenvalue weighted by atomic mass is 16.4. The Morgan fingerprint density at radius 3 is 2.88 bits per heavy atom. The van der Waals surface area contributed by atoms with Gasteiger partial charge in [-0.3, -0.25) is 9.78 Å². The number of para-hydroxylation sites is 1. The van der Waals surface area contributed by atoms with Gasteiger partial charge < -0.3 is 10.4 Å². The van der Waals surface area contributed by atoms with Gasteiger partial charge in [0.1, 0.15) is 6.04 Å². The summed E-state index contributed by atoms with van der Waals surface area (Å²) < 4.78 is 0. The first kappa shape index (κ1) is 10.4. The first-order valence-corrected chi connectivity index (χ1v) is 5.01. The third-order valence-electron chi connectivity index (χ3n) is 2.38. The number of hydrogen-bond donors (Lipinski definition) is 2. The molecule has 0 aliphatic heterocycles. The number of carboxylic acid groups (broad SMARTS) is 1. The summed E-state index contributed by atoms with van der Waals surface area (Å²) in [6, 6.07) is 8.81. The van der Waals surface area contributed by atoms with E-state index in [0.29, 0.717) is 0 Å². The van der Waals surface area contributed by atoms with Crippen LogP contribution in [0.25, 0.3) is 10.9 Å². The topological polar surface area (TPSA) is 62.2 Å². The number of fused-ring (bicyclic) bond motifs is 1. The van der Waals surface area contributed by atoms with E-state index in [9.17, 15) is 4.79 Å². The fraction of sp³-hybridized carbons (Fsp3) is 0.167. The summed E-state index contributed by atoms with van der Waals surface area (Å²) in [5.74, 6) is -0.882. The molecule has 1 aromatic heterocycles. The van der Waals surface area contributed by atoms with Gasteiger partial charge in [0.15, 0.2) is 0 Å². The van der Waals surface area contributed by atoms with E-state index in [2.05, 4.69) is 10.3 Å². The van der Waals surface area contributed by atoms with Crippen LogP contribution in [0.4, 0.5) is 5.69 Å². The molecule has 4 heteroatoms. The Balaban J connectivity index is 2.41. The largest absolute Gasteiger partial charge is 0.480 e. The zero-order valence-electron chi connectivity index (χ0n) is 8.84. The minimum Gasteiger partial charge on any atom is -0.480 e. The van der Waals surface area contributed by atoms with E-state index in [0.717, 1.165) is 16.6 Å². The Hall–Kier alpha value is -2.10. The van der Waals surface area contributed by atoms with E-state index in [1.165, 1.54) is 0 Å². The summed E-state index contributed by atoms with van der Waals surface area (Å²) in [4.78, 5) is 15.0. The number of anilines is 1. The molecule has 2 rings (SSSR count). The number of aromatic nitrogens is 1. The van der Waals surface area contributed by atoms with E-state index in [4.69, 9.17) is 5.11 Å². The zero-order valence-corrected chi connectivity index (χ0v) is 8.84. The molecule has 1 heterocycles. The van der Waals surface area contributed by atoms with Gasteiger partial charge in [-0.25, -0.2) is 0 Å². The molecule has 1 unspecified atom stereocenters. The molecule has 1 atom stereocenters. The van der Waals surface area contributed by atoms with Crippen LogP contribution in [0.5, 0.6) is 0 Å². The molecule has 16 heavy (non-hydrogen) atoms. The highest BCUT2D eigenvalue weighted by Crippen LogP contribution is 2.21. The Labute approximate surface area is 92.9 Å². The minimum atomic E-state index is -0.882. The number of nitrogens with one attached hydrogen (secondary N) is 1. The van der Waals surface area contributed by atoms with Gasteiger partial charge in [-0.2, -0.15) is 0 Å². The number of benzene rings is 1. The van der Waals surface area contributed by atoms with Gasteiger partial charge in [0.05, 0.1) is 11.2 Å². The van der Waals surface area contributed by atoms with Crippen molar-refractivity contribution in [1.29, 1.82) is 0 Å². The predicted octanol–water partition coefficient (Wildman–Crippen LogP) is 2.12. The molecule has 0 aliphatic rings. The van der Waals surface area contributed by atoms with E-state index < -0.39 is 12.0 Å². The van der Waals surface area contributed by atoms with Gasteiger partial charge in [0.25, 0.3) is 0 Å². The van der Waals surface area contributed by atoms with Gasteiger partial charge in [0.2, 0.25) is 0 Å². The lowest BCUT2D eigenvalue weighted by Crippen LogP contribution is -2.25. The summed E-state index contributed by atoms with van der Waals surface area (Å²) in [6.45, 7) is 1.60. The van der Waals surface area contributed by atoms with Crippen molar-refractivity contribution in [2.24, 2.45) is 0 Å². The minimum absolute atomic E-state index is 0.632. The second-order valence-corrected chi connectivity index (χ2v) is 3.58. The van der Waals surface area contributed by atoms with Gasteiger partial charge in [0, 0.05) is 11.6 Å². The molecule has 1 aromatic carbocycles. The Bertz CT molecular complexity index is 520. The average molecular weight is 216 g/mol. The number of aliphatic carboxylic acids is 1. The van der Waals surface area contributed by atoms with E-state index in [1.54, 1.807) is 13.1 Å². The molecule has 0 aliphatic carbocycles. The van der Waals surface area contributed by atoms with Crippen molar-refractivity contribution < 1.29 is 9.90 Å². The van der Waals surface area contributed by atoms with Crippen LogP contribution in [0, 0.1) is 0 Å². The second-order valence-electron chi connectivity index (χ2n) is 3.58. The van der Waals surface area contributed by atoms with Crippen molar-refractivity contribution >= 4 is 22.6 Å². The highest BCUT2D eigenvalue weighted by Gasteiger charge is 2.11. The molecule has 0 saturated carbocycles. The van der Waals surface area contributed by atoms with E-state index in [1.807, 2.05) is 30.3 Å². The lowest BCUT2D eigenvalue weighted by molar-refractivity contribution is -0.137. The molecule has 0 fully saturated rings. The molecule has 0 radical (unpaired) electrons. The molecular formula is C12H12N2O2. The van der Waals surface area contributed by atoms with Crippen molar-refractivity contribution in [3.63, 3.8) is 0 Å². The van der Waals surface area contributed by atoms with Crippen molar-refractivity contribution in [1.82, 2.24) is 4.98 Å². The van der Waals surface area contributed by atoms with Crippen molar-refractivity contribution in [3.05, 3.63) is 36.5 Å². The maximum absolute atomic E-state index is 10.8. The third kappa shape index (κ3) is 1.95. The summed E-state index contributed by atoms with van der Waals surface area (Å²) in [5.41, 5.74) is 1.53. The lowest BCUT2D eigenvalue weighted by atomic mass is 10.2. The monoisotopic (exact) mass is 216 g/mol. The van der Waals surface area contributed by atoms with Gasteiger partial charge in [-0.1, -0.05) is 18.2 Å². The smallest absolute Gasteiger partial charge is 0.325 e. The quantitative estimate of drug-likeness (QED) is 0.824. The Morgan fingerprint density at radius 1 is 1.38 bits per heavy atom. The number of carbonyl (C=O) groups is 1. The predicted molar refractivity (Wildman–Crippen MR) is 62.5 cm³/mol. The van der Waals surface area contributed by atoms with Crippen LogP contribution in [-0.4, -0.2) is 22.1 Å². The molecular weight excluding hydrogens is 204 g/mol. The molecule has 2 N–H and O–H groups in total. The summed E-state index contributed by atoms with van der Waals surface area (Å²) >= 11 is 0. The maximum Gasteiger partial charge on any atom is 0.325 e. The molecule has 0 bridgehead atoms. The van der Waals surface area contributed by atoms with Crippen molar-refractivity contribution in [2.45, 2.75) is 13.0 Å².